The van der Waals surface area contributed by atoms with Crippen molar-refractivity contribution in [1.29, 1.82) is 0 Å². The Morgan fingerprint density at radius 3 is 0.723 bits per heavy atom. The largest absolute Gasteiger partial charge is 0.472 e. The van der Waals surface area contributed by atoms with Crippen LogP contribution in [0.3, 0.4) is 0 Å². The third kappa shape index (κ3) is 68.6. The summed E-state index contributed by atoms with van der Waals surface area (Å²) in [5.74, 6) is -1.43. The van der Waals surface area contributed by atoms with E-state index in [4.69, 9.17) is 37.0 Å². The van der Waals surface area contributed by atoms with Gasteiger partial charge >= 0.3 is 39.5 Å². The second kappa shape index (κ2) is 68.2. The lowest BCUT2D eigenvalue weighted by molar-refractivity contribution is -0.161. The fourth-order valence-corrected chi connectivity index (χ4v) is 13.1. The van der Waals surface area contributed by atoms with Crippen LogP contribution < -0.4 is 0 Å². The molecule has 0 aromatic heterocycles. The molecule has 0 spiro atoms. The second-order valence-electron chi connectivity index (χ2n) is 27.5. The van der Waals surface area contributed by atoms with Gasteiger partial charge in [0.15, 0.2) is 12.2 Å². The van der Waals surface area contributed by atoms with Gasteiger partial charge in [-0.2, -0.15) is 0 Å². The molecule has 0 aliphatic carbocycles. The Morgan fingerprint density at radius 1 is 0.287 bits per heavy atom. The minimum Gasteiger partial charge on any atom is -0.462 e. The van der Waals surface area contributed by atoms with Gasteiger partial charge in [-0.25, -0.2) is 9.13 Å². The summed E-state index contributed by atoms with van der Waals surface area (Å²) in [5.41, 5.74) is 0. The van der Waals surface area contributed by atoms with E-state index in [1.807, 2.05) is 0 Å². The predicted octanol–water partition coefficient (Wildman–Crippen LogP) is 22.1. The highest BCUT2D eigenvalue weighted by Gasteiger charge is 2.30. The van der Waals surface area contributed by atoms with Gasteiger partial charge in [-0.1, -0.05) is 343 Å². The van der Waals surface area contributed by atoms with Crippen LogP contribution in [0.25, 0.3) is 0 Å². The molecular weight excluding hydrogens is 1230 g/mol. The number of unbranched alkanes of at least 4 members (excludes halogenated alkanes) is 47. The first-order valence-corrected chi connectivity index (χ1v) is 42.1. The number of hydrogen-bond donors (Lipinski definition) is 3. The summed E-state index contributed by atoms with van der Waals surface area (Å²) in [4.78, 5) is 72.7. The lowest BCUT2D eigenvalue weighted by Gasteiger charge is -2.21. The third-order valence-electron chi connectivity index (χ3n) is 17.5. The van der Waals surface area contributed by atoms with E-state index >= 15 is 0 Å². The lowest BCUT2D eigenvalue weighted by atomic mass is 10.0. The smallest absolute Gasteiger partial charge is 0.462 e. The summed E-state index contributed by atoms with van der Waals surface area (Å²) < 4.78 is 68.5. The highest BCUT2D eigenvalue weighted by atomic mass is 31.2. The Labute approximate surface area is 575 Å². The van der Waals surface area contributed by atoms with Crippen LogP contribution in [-0.2, 0) is 65.4 Å². The fraction of sp³-hybridized carbons (Fsp3) is 0.947. The number of carbonyl (C=O) groups is 4. The fourth-order valence-electron chi connectivity index (χ4n) is 11.5. The van der Waals surface area contributed by atoms with E-state index < -0.39 is 97.5 Å². The molecule has 0 saturated carbocycles. The number of phosphoric acid groups is 2. The maximum atomic E-state index is 13.1. The van der Waals surface area contributed by atoms with Crippen molar-refractivity contribution in [2.45, 2.75) is 412 Å². The minimum absolute atomic E-state index is 0.107. The summed E-state index contributed by atoms with van der Waals surface area (Å²) in [5, 5.41) is 10.6. The third-order valence-corrected chi connectivity index (χ3v) is 19.4. The Bertz CT molecular complexity index is 1810. The van der Waals surface area contributed by atoms with Crippen LogP contribution >= 0.6 is 15.6 Å². The van der Waals surface area contributed by atoms with Gasteiger partial charge < -0.3 is 33.8 Å². The summed E-state index contributed by atoms with van der Waals surface area (Å²) in [7, 11) is -9.91. The zero-order valence-corrected chi connectivity index (χ0v) is 62.9. The van der Waals surface area contributed by atoms with Crippen molar-refractivity contribution < 1.29 is 80.2 Å². The van der Waals surface area contributed by atoms with Crippen LogP contribution in [0.5, 0.6) is 0 Å². The number of esters is 4. The Morgan fingerprint density at radius 2 is 0.489 bits per heavy atom. The monoisotopic (exact) mass is 1380 g/mol. The van der Waals surface area contributed by atoms with E-state index in [1.165, 1.54) is 212 Å². The molecule has 0 radical (unpaired) electrons. The average molecular weight is 1380 g/mol. The van der Waals surface area contributed by atoms with Gasteiger partial charge in [0, 0.05) is 25.7 Å². The van der Waals surface area contributed by atoms with Crippen LogP contribution in [0, 0.1) is 5.92 Å². The minimum atomic E-state index is -4.96. The summed E-state index contributed by atoms with van der Waals surface area (Å²) >= 11 is 0. The highest BCUT2D eigenvalue weighted by molar-refractivity contribution is 7.47. The zero-order chi connectivity index (χ0) is 69.1. The first kappa shape index (κ1) is 92.1. The van der Waals surface area contributed by atoms with Crippen LogP contribution in [-0.4, -0.2) is 96.7 Å². The molecule has 5 atom stereocenters. The van der Waals surface area contributed by atoms with Crippen molar-refractivity contribution in [1.82, 2.24) is 0 Å². The van der Waals surface area contributed by atoms with E-state index in [9.17, 15) is 43.2 Å². The van der Waals surface area contributed by atoms with Crippen molar-refractivity contribution in [3.05, 3.63) is 0 Å². The number of phosphoric ester groups is 2. The van der Waals surface area contributed by atoms with Gasteiger partial charge in [0.25, 0.3) is 0 Å². The number of hydrogen-bond acceptors (Lipinski definition) is 15. The van der Waals surface area contributed by atoms with Crippen LogP contribution in [0.1, 0.15) is 394 Å². The number of rotatable bonds is 75. The summed E-state index contributed by atoms with van der Waals surface area (Å²) in [6.45, 7) is 7.21. The molecule has 17 nitrogen and oxygen atoms in total. The first-order valence-electron chi connectivity index (χ1n) is 39.1. The SMILES string of the molecule is CCCCCCCCCCCCCCCCCCCC(=O)O[C@H](COC(=O)CCCCCCCCCCCCCCCCC)COP(=O)(O)OC[C@@H](O)COP(=O)(O)OC[C@@H](COC(=O)CCCCCCCCC(C)C)OC(=O)CCCCCCCCCCCCCCC. The highest BCUT2D eigenvalue weighted by Crippen LogP contribution is 2.45. The maximum Gasteiger partial charge on any atom is 0.472 e. The second-order valence-corrected chi connectivity index (χ2v) is 30.4. The van der Waals surface area contributed by atoms with Crippen molar-refractivity contribution in [3.8, 4) is 0 Å². The average Bonchev–Trinajstić information content (AvgIpc) is 1.25. The maximum absolute atomic E-state index is 13.1. The Balaban J connectivity index is 5.23. The van der Waals surface area contributed by atoms with E-state index in [-0.39, 0.29) is 25.7 Å². The van der Waals surface area contributed by atoms with Crippen molar-refractivity contribution in [2.75, 3.05) is 39.6 Å². The van der Waals surface area contributed by atoms with Gasteiger partial charge in [0.05, 0.1) is 26.4 Å². The molecule has 2 unspecified atom stereocenters. The normalized spacial score (nSPS) is 14.0. The molecule has 0 saturated heterocycles. The summed E-state index contributed by atoms with van der Waals surface area (Å²) in [6, 6.07) is 0. The van der Waals surface area contributed by atoms with Gasteiger partial charge in [-0.3, -0.25) is 37.3 Å². The van der Waals surface area contributed by atoms with E-state index in [0.29, 0.717) is 31.6 Å². The quantitative estimate of drug-likeness (QED) is 0.0222. The van der Waals surface area contributed by atoms with Crippen molar-refractivity contribution >= 4 is 39.5 Å². The standard InChI is InChI=1S/C75H146O17P2/c1-6-9-12-15-18-21-24-27-29-30-32-35-38-41-44-51-56-61-74(79)91-70(64-85-72(77)58-53-48-42-39-36-34-31-28-25-22-19-16-13-10-7-2)66-89-93(81,82)87-62-69(76)63-88-94(83,84)90-67-71(65-86-73(78)59-54-49-46-45-47-52-57-68(4)5)92-75(80)60-55-50-43-40-37-33-26-23-20-17-14-11-8-3/h68-71,76H,6-67H2,1-5H3,(H,81,82)(H,83,84)/t69-,70-,71-/m1/s1. The molecule has 558 valence electrons. The molecule has 3 N–H and O–H groups in total. The van der Waals surface area contributed by atoms with Crippen molar-refractivity contribution in [2.24, 2.45) is 5.92 Å². The molecule has 0 heterocycles. The number of carbonyl (C=O) groups excluding carboxylic acids is 4. The Kier molecular flexibility index (Phi) is 66.8. The van der Waals surface area contributed by atoms with Crippen molar-refractivity contribution in [3.63, 3.8) is 0 Å². The molecule has 0 aliphatic heterocycles. The molecule has 0 bridgehead atoms. The Hall–Kier alpha value is -1.94. The molecule has 0 fully saturated rings. The topological polar surface area (TPSA) is 237 Å². The molecule has 0 rings (SSSR count). The zero-order valence-electron chi connectivity index (χ0n) is 61.1. The van der Waals surface area contributed by atoms with Gasteiger partial charge in [-0.15, -0.1) is 0 Å². The summed E-state index contributed by atoms with van der Waals surface area (Å²) in [6.07, 6.45) is 56.9. The van der Waals surface area contributed by atoms with E-state index in [2.05, 4.69) is 34.6 Å². The van der Waals surface area contributed by atoms with Crippen LogP contribution in [0.2, 0.25) is 0 Å². The van der Waals surface area contributed by atoms with Gasteiger partial charge in [0.1, 0.15) is 19.3 Å². The van der Waals surface area contributed by atoms with E-state index in [0.717, 1.165) is 96.3 Å². The van der Waals surface area contributed by atoms with Crippen LogP contribution in [0.4, 0.5) is 0 Å². The number of aliphatic hydroxyl groups is 1. The lowest BCUT2D eigenvalue weighted by Crippen LogP contribution is -2.30. The molecule has 0 amide bonds. The van der Waals surface area contributed by atoms with Gasteiger partial charge in [-0.05, 0) is 31.6 Å². The van der Waals surface area contributed by atoms with Gasteiger partial charge in [0.2, 0.25) is 0 Å². The molecular formula is C75H146O17P2. The molecule has 0 aliphatic rings. The van der Waals surface area contributed by atoms with E-state index in [1.54, 1.807) is 0 Å². The predicted molar refractivity (Wildman–Crippen MR) is 382 cm³/mol. The molecule has 0 aromatic carbocycles. The number of aliphatic hydroxyl groups excluding tert-OH is 1. The van der Waals surface area contributed by atoms with Crippen LogP contribution in [0.15, 0.2) is 0 Å². The first-order chi connectivity index (χ1) is 45.5. The molecule has 94 heavy (non-hydrogen) atoms. The molecule has 0 aromatic rings. The number of ether oxygens (including phenoxy) is 4. The molecule has 19 heteroatoms.